The molecule has 21 heavy (non-hydrogen) atoms. The lowest BCUT2D eigenvalue weighted by atomic mass is 10.1. The van der Waals surface area contributed by atoms with Gasteiger partial charge in [-0.2, -0.15) is 0 Å². The van der Waals surface area contributed by atoms with Crippen LogP contribution >= 0.6 is 11.6 Å². The van der Waals surface area contributed by atoms with E-state index in [0.717, 1.165) is 33.6 Å². The summed E-state index contributed by atoms with van der Waals surface area (Å²) >= 11 is 6.37. The predicted octanol–water partition coefficient (Wildman–Crippen LogP) is 2.27. The third-order valence-corrected chi connectivity index (χ3v) is 3.86. The number of hydrogen-bond donors (Lipinski definition) is 0. The Bertz CT molecular complexity index is 936. The average molecular weight is 299 g/mol. The first-order valence-electron chi connectivity index (χ1n) is 6.67. The lowest BCUT2D eigenvalue weighted by molar-refractivity contribution is 1.00. The summed E-state index contributed by atoms with van der Waals surface area (Å²) in [5.74, 6) is 0.719. The van der Waals surface area contributed by atoms with Crippen molar-refractivity contribution in [2.24, 2.45) is 0 Å². The SMILES string of the molecule is C=c1nc(C)c2nnc(-c3c(C)cccc3Cl)n2c1=CC. The van der Waals surface area contributed by atoms with Gasteiger partial charge in [-0.05, 0) is 32.4 Å². The van der Waals surface area contributed by atoms with E-state index in [1.807, 2.05) is 49.4 Å². The van der Waals surface area contributed by atoms with E-state index in [-0.39, 0.29) is 0 Å². The molecule has 4 nitrogen and oxygen atoms in total. The fourth-order valence-corrected chi connectivity index (χ4v) is 2.86. The molecule has 0 aliphatic heterocycles. The van der Waals surface area contributed by atoms with Crippen molar-refractivity contribution in [2.75, 3.05) is 0 Å². The van der Waals surface area contributed by atoms with Crippen LogP contribution < -0.4 is 10.7 Å². The second-order valence-electron chi connectivity index (χ2n) is 4.93. The van der Waals surface area contributed by atoms with E-state index < -0.39 is 0 Å². The van der Waals surface area contributed by atoms with Crippen molar-refractivity contribution in [2.45, 2.75) is 20.8 Å². The van der Waals surface area contributed by atoms with Crippen molar-refractivity contribution >= 4 is 29.9 Å². The Kier molecular flexibility index (Phi) is 3.26. The van der Waals surface area contributed by atoms with Crippen molar-refractivity contribution in [3.8, 4) is 11.4 Å². The lowest BCUT2D eigenvalue weighted by Gasteiger charge is -2.08. The Morgan fingerprint density at radius 3 is 2.67 bits per heavy atom. The highest BCUT2D eigenvalue weighted by Gasteiger charge is 2.16. The first-order valence-corrected chi connectivity index (χ1v) is 7.05. The fraction of sp³-hybridized carbons (Fsp3) is 0.188. The molecule has 5 heteroatoms. The number of aryl methyl sites for hydroxylation is 2. The highest BCUT2D eigenvalue weighted by Crippen LogP contribution is 2.29. The molecule has 1 aromatic carbocycles. The van der Waals surface area contributed by atoms with Gasteiger partial charge >= 0.3 is 0 Å². The third kappa shape index (κ3) is 2.03. The Hall–Kier alpha value is -2.20. The lowest BCUT2D eigenvalue weighted by Crippen LogP contribution is -2.34. The Morgan fingerprint density at radius 2 is 2.00 bits per heavy atom. The molecule has 0 saturated carbocycles. The zero-order valence-electron chi connectivity index (χ0n) is 12.2. The molecule has 0 aliphatic carbocycles. The van der Waals surface area contributed by atoms with E-state index in [9.17, 15) is 0 Å². The van der Waals surface area contributed by atoms with Gasteiger partial charge in [-0.1, -0.05) is 36.4 Å². The average Bonchev–Trinajstić information content (AvgIpc) is 2.84. The second kappa shape index (κ2) is 4.97. The van der Waals surface area contributed by atoms with E-state index in [0.29, 0.717) is 10.4 Å². The van der Waals surface area contributed by atoms with Gasteiger partial charge in [-0.25, -0.2) is 4.98 Å². The maximum Gasteiger partial charge on any atom is 0.183 e. The zero-order chi connectivity index (χ0) is 15.1. The minimum absolute atomic E-state index is 0.659. The van der Waals surface area contributed by atoms with Crippen LogP contribution in [0.3, 0.4) is 0 Å². The molecule has 0 fully saturated rings. The van der Waals surface area contributed by atoms with Gasteiger partial charge in [-0.15, -0.1) is 10.2 Å². The van der Waals surface area contributed by atoms with Crippen LogP contribution in [-0.4, -0.2) is 19.6 Å². The summed E-state index contributed by atoms with van der Waals surface area (Å²) in [6.07, 6.45) is 1.96. The maximum atomic E-state index is 6.37. The normalized spacial score (nSPS) is 12.3. The molecule has 0 unspecified atom stereocenters. The van der Waals surface area contributed by atoms with Gasteiger partial charge in [0.2, 0.25) is 0 Å². The topological polar surface area (TPSA) is 43.1 Å². The molecule has 106 valence electrons. The second-order valence-corrected chi connectivity index (χ2v) is 5.34. The summed E-state index contributed by atoms with van der Waals surface area (Å²) in [5.41, 5.74) is 3.47. The highest BCUT2D eigenvalue weighted by molar-refractivity contribution is 6.33. The predicted molar refractivity (Wildman–Crippen MR) is 85.6 cm³/mol. The van der Waals surface area contributed by atoms with E-state index in [4.69, 9.17) is 11.6 Å². The van der Waals surface area contributed by atoms with Crippen molar-refractivity contribution in [3.63, 3.8) is 0 Å². The smallest absolute Gasteiger partial charge is 0.183 e. The van der Waals surface area contributed by atoms with Crippen LogP contribution in [-0.2, 0) is 0 Å². The van der Waals surface area contributed by atoms with Gasteiger partial charge in [0.15, 0.2) is 11.5 Å². The van der Waals surface area contributed by atoms with E-state index >= 15 is 0 Å². The van der Waals surface area contributed by atoms with Crippen LogP contribution in [0.4, 0.5) is 0 Å². The number of aromatic nitrogens is 4. The summed E-state index contributed by atoms with van der Waals surface area (Å²) in [6, 6.07) is 5.80. The number of fused-ring (bicyclic) bond motifs is 1. The van der Waals surface area contributed by atoms with Gasteiger partial charge in [0.1, 0.15) is 0 Å². The molecule has 0 aliphatic rings. The minimum atomic E-state index is 0.659. The molecular formula is C16H15ClN4. The molecule has 0 amide bonds. The molecule has 0 saturated heterocycles. The summed E-state index contributed by atoms with van der Waals surface area (Å²) in [4.78, 5) is 4.43. The molecule has 3 aromatic rings. The van der Waals surface area contributed by atoms with Crippen molar-refractivity contribution in [1.29, 1.82) is 0 Å². The largest absolute Gasteiger partial charge is 0.272 e. The van der Waals surface area contributed by atoms with Crippen LogP contribution in [0, 0.1) is 13.8 Å². The maximum absolute atomic E-state index is 6.37. The zero-order valence-corrected chi connectivity index (χ0v) is 12.9. The number of halogens is 1. The van der Waals surface area contributed by atoms with E-state index in [1.54, 1.807) is 0 Å². The molecule has 0 atom stereocenters. The monoisotopic (exact) mass is 298 g/mol. The number of benzene rings is 1. The van der Waals surface area contributed by atoms with Crippen molar-refractivity contribution in [3.05, 3.63) is 45.2 Å². The standard InChI is InChI=1S/C16H15ClN4/c1-5-13-10(3)18-11(4)15-19-20-16(21(13)15)14-9(2)7-6-8-12(14)17/h5-8H,3H2,1-2,4H3. The minimum Gasteiger partial charge on any atom is -0.272 e. The van der Waals surface area contributed by atoms with Gasteiger partial charge in [0, 0.05) is 5.56 Å². The molecular weight excluding hydrogens is 284 g/mol. The quantitative estimate of drug-likeness (QED) is 0.692. The van der Waals surface area contributed by atoms with Crippen LogP contribution in [0.2, 0.25) is 5.02 Å². The Labute approximate surface area is 127 Å². The number of nitrogens with zero attached hydrogens (tertiary/aromatic N) is 4. The summed E-state index contributed by atoms with van der Waals surface area (Å²) in [5, 5.41) is 10.9. The Morgan fingerprint density at radius 1 is 1.24 bits per heavy atom. The first-order chi connectivity index (χ1) is 10.0. The first kappa shape index (κ1) is 13.8. The highest BCUT2D eigenvalue weighted by atomic mass is 35.5. The molecule has 3 rings (SSSR count). The van der Waals surface area contributed by atoms with E-state index in [2.05, 4.69) is 21.8 Å². The summed E-state index contributed by atoms with van der Waals surface area (Å²) < 4.78 is 1.97. The molecule has 2 heterocycles. The van der Waals surface area contributed by atoms with Gasteiger partial charge in [-0.3, -0.25) is 4.40 Å². The molecule has 2 aromatic heterocycles. The van der Waals surface area contributed by atoms with Gasteiger partial charge in [0.25, 0.3) is 0 Å². The number of rotatable bonds is 1. The van der Waals surface area contributed by atoms with Crippen molar-refractivity contribution in [1.82, 2.24) is 19.6 Å². The fourth-order valence-electron chi connectivity index (χ4n) is 2.56. The summed E-state index contributed by atoms with van der Waals surface area (Å²) in [6.45, 7) is 9.87. The van der Waals surface area contributed by atoms with Gasteiger partial charge < -0.3 is 0 Å². The van der Waals surface area contributed by atoms with Crippen molar-refractivity contribution < 1.29 is 0 Å². The van der Waals surface area contributed by atoms with E-state index in [1.165, 1.54) is 0 Å². The molecule has 0 radical (unpaired) electrons. The Balaban J connectivity index is 2.55. The molecule has 0 spiro atoms. The van der Waals surface area contributed by atoms with Crippen LogP contribution in [0.15, 0.2) is 18.2 Å². The van der Waals surface area contributed by atoms with Gasteiger partial charge in [0.05, 0.1) is 21.4 Å². The number of hydrogen-bond acceptors (Lipinski definition) is 3. The van der Waals surface area contributed by atoms with Crippen LogP contribution in [0.25, 0.3) is 29.7 Å². The van der Waals surface area contributed by atoms with Crippen LogP contribution in [0.5, 0.6) is 0 Å². The van der Waals surface area contributed by atoms with Crippen LogP contribution in [0.1, 0.15) is 18.2 Å². The third-order valence-electron chi connectivity index (χ3n) is 3.54. The molecule has 0 bridgehead atoms. The molecule has 0 N–H and O–H groups in total. The summed E-state index contributed by atoms with van der Waals surface area (Å²) in [7, 11) is 0.